The Kier molecular flexibility index (Phi) is 5.49. The van der Waals surface area contributed by atoms with E-state index in [1.807, 2.05) is 0 Å². The molecule has 90 valence electrons. The Labute approximate surface area is 102 Å². The van der Waals surface area contributed by atoms with E-state index in [-0.39, 0.29) is 5.84 Å². The molecule has 1 unspecified atom stereocenters. The van der Waals surface area contributed by atoms with Gasteiger partial charge in [0.25, 0.3) is 0 Å². The van der Waals surface area contributed by atoms with Crippen molar-refractivity contribution >= 4 is 17.2 Å². The minimum Gasteiger partial charge on any atom is -0.388 e. The third-order valence-corrected chi connectivity index (χ3v) is 3.78. The van der Waals surface area contributed by atoms with Gasteiger partial charge in [-0.1, -0.05) is 13.0 Å². The van der Waals surface area contributed by atoms with E-state index in [1.165, 1.54) is 4.88 Å². The molecule has 0 saturated carbocycles. The lowest BCUT2D eigenvalue weighted by atomic mass is 10.1. The Bertz CT molecular complexity index is 308. The maximum atomic E-state index is 7.35. The van der Waals surface area contributed by atoms with Crippen molar-refractivity contribution in [3.8, 4) is 0 Å². The highest BCUT2D eigenvalue weighted by Gasteiger charge is 2.13. The van der Waals surface area contributed by atoms with Crippen LogP contribution in [0, 0.1) is 5.41 Å². The van der Waals surface area contributed by atoms with Crippen LogP contribution in [0.1, 0.15) is 24.6 Å². The summed E-state index contributed by atoms with van der Waals surface area (Å²) in [5.74, 6) is 0.287. The van der Waals surface area contributed by atoms with Gasteiger partial charge < -0.3 is 10.6 Å². The number of nitrogens with zero attached hydrogens (tertiary/aromatic N) is 1. The van der Waals surface area contributed by atoms with Crippen LogP contribution in [0.2, 0.25) is 0 Å². The molecule has 0 bridgehead atoms. The maximum Gasteiger partial charge on any atom is 0.0921 e. The van der Waals surface area contributed by atoms with Crippen LogP contribution in [0.4, 0.5) is 0 Å². The molecule has 1 aromatic heterocycles. The molecule has 16 heavy (non-hydrogen) atoms. The van der Waals surface area contributed by atoms with Gasteiger partial charge in [0.05, 0.1) is 5.84 Å². The van der Waals surface area contributed by atoms with Gasteiger partial charge in [0, 0.05) is 23.9 Å². The fourth-order valence-electron chi connectivity index (χ4n) is 1.79. The van der Waals surface area contributed by atoms with Crippen LogP contribution in [0.3, 0.4) is 0 Å². The topological polar surface area (TPSA) is 53.1 Å². The first kappa shape index (κ1) is 13.2. The highest BCUT2D eigenvalue weighted by molar-refractivity contribution is 7.09. The quantitative estimate of drug-likeness (QED) is 0.567. The molecule has 3 N–H and O–H groups in total. The molecule has 0 aliphatic rings. The van der Waals surface area contributed by atoms with Crippen molar-refractivity contribution in [2.75, 3.05) is 13.6 Å². The van der Waals surface area contributed by atoms with Gasteiger partial charge in [-0.05, 0) is 31.3 Å². The summed E-state index contributed by atoms with van der Waals surface area (Å²) in [5, 5.41) is 9.46. The first-order valence-electron chi connectivity index (χ1n) is 5.69. The van der Waals surface area contributed by atoms with Crippen molar-refractivity contribution in [3.05, 3.63) is 22.4 Å². The number of amidine groups is 1. The highest BCUT2D eigenvalue weighted by atomic mass is 32.1. The van der Waals surface area contributed by atoms with E-state index in [9.17, 15) is 0 Å². The number of nitrogens with one attached hydrogen (secondary N) is 1. The van der Waals surface area contributed by atoms with E-state index in [0.717, 1.165) is 19.4 Å². The summed E-state index contributed by atoms with van der Waals surface area (Å²) >= 11 is 1.80. The third-order valence-electron chi connectivity index (χ3n) is 2.84. The molecule has 0 spiro atoms. The predicted octanol–water partition coefficient (Wildman–Crippen LogP) is 2.33. The Balaban J connectivity index is 2.37. The lowest BCUT2D eigenvalue weighted by Crippen LogP contribution is -2.36. The molecular formula is C12H21N3S. The molecule has 0 aliphatic heterocycles. The normalized spacial score (nSPS) is 12.9. The molecule has 0 aromatic carbocycles. The van der Waals surface area contributed by atoms with Gasteiger partial charge in [0.15, 0.2) is 0 Å². The van der Waals surface area contributed by atoms with E-state index in [0.29, 0.717) is 12.5 Å². The third kappa shape index (κ3) is 4.33. The van der Waals surface area contributed by atoms with Crippen LogP contribution < -0.4 is 5.73 Å². The van der Waals surface area contributed by atoms with Crippen LogP contribution in [0.25, 0.3) is 0 Å². The summed E-state index contributed by atoms with van der Waals surface area (Å²) < 4.78 is 0. The van der Waals surface area contributed by atoms with Crippen molar-refractivity contribution in [1.82, 2.24) is 4.90 Å². The van der Waals surface area contributed by atoms with Gasteiger partial charge in [-0.3, -0.25) is 5.41 Å². The van der Waals surface area contributed by atoms with E-state index in [2.05, 4.69) is 36.4 Å². The monoisotopic (exact) mass is 239 g/mol. The van der Waals surface area contributed by atoms with Crippen molar-refractivity contribution in [3.63, 3.8) is 0 Å². The molecule has 1 atom stereocenters. The fraction of sp³-hybridized carbons (Fsp3) is 0.583. The van der Waals surface area contributed by atoms with Gasteiger partial charge in [0.2, 0.25) is 0 Å². The van der Waals surface area contributed by atoms with Crippen LogP contribution >= 0.6 is 11.3 Å². The van der Waals surface area contributed by atoms with Crippen molar-refractivity contribution < 1.29 is 0 Å². The molecule has 0 aliphatic carbocycles. The molecule has 1 aromatic rings. The number of hydrogen-bond donors (Lipinski definition) is 2. The summed E-state index contributed by atoms with van der Waals surface area (Å²) in [6, 6.07) is 4.66. The SMILES string of the molecule is CCC(CC(=N)N)N(C)CCc1cccs1. The molecule has 0 amide bonds. The number of likely N-dealkylation sites (N-methyl/N-ethyl adjacent to an activating group) is 1. The van der Waals surface area contributed by atoms with Gasteiger partial charge in [-0.25, -0.2) is 0 Å². The van der Waals surface area contributed by atoms with Gasteiger partial charge in [0.1, 0.15) is 0 Å². The number of nitrogens with two attached hydrogens (primary N) is 1. The van der Waals surface area contributed by atoms with Crippen molar-refractivity contribution in [1.29, 1.82) is 5.41 Å². The van der Waals surface area contributed by atoms with E-state index in [4.69, 9.17) is 11.1 Å². The average molecular weight is 239 g/mol. The smallest absolute Gasteiger partial charge is 0.0921 e. The van der Waals surface area contributed by atoms with Crippen LogP contribution in [0.15, 0.2) is 17.5 Å². The molecule has 1 heterocycles. The van der Waals surface area contributed by atoms with Crippen molar-refractivity contribution in [2.24, 2.45) is 5.73 Å². The van der Waals surface area contributed by atoms with E-state index in [1.54, 1.807) is 11.3 Å². The molecule has 0 radical (unpaired) electrons. The zero-order valence-corrected chi connectivity index (χ0v) is 10.9. The fourth-order valence-corrected chi connectivity index (χ4v) is 2.49. The molecule has 0 saturated heterocycles. The summed E-state index contributed by atoms with van der Waals surface area (Å²) in [6.07, 6.45) is 2.81. The molecule has 0 fully saturated rings. The van der Waals surface area contributed by atoms with E-state index < -0.39 is 0 Å². The second-order valence-corrected chi connectivity index (χ2v) is 5.13. The standard InChI is InChI=1S/C12H21N3S/c1-3-10(9-12(13)14)15(2)7-6-11-5-4-8-16-11/h4-5,8,10H,3,6-7,9H2,1-2H3,(H3,13,14). The lowest BCUT2D eigenvalue weighted by molar-refractivity contribution is 0.244. The highest BCUT2D eigenvalue weighted by Crippen LogP contribution is 2.12. The van der Waals surface area contributed by atoms with Crippen LogP contribution in [0.5, 0.6) is 0 Å². The van der Waals surface area contributed by atoms with Crippen LogP contribution in [-0.4, -0.2) is 30.4 Å². The van der Waals surface area contributed by atoms with Crippen molar-refractivity contribution in [2.45, 2.75) is 32.2 Å². The van der Waals surface area contributed by atoms with Gasteiger partial charge in [-0.15, -0.1) is 11.3 Å². The minimum absolute atomic E-state index is 0.287. The first-order chi connectivity index (χ1) is 7.63. The zero-order valence-electron chi connectivity index (χ0n) is 10.1. The van der Waals surface area contributed by atoms with Gasteiger partial charge >= 0.3 is 0 Å². The second kappa shape index (κ2) is 6.66. The Morgan fingerprint density at radius 2 is 2.38 bits per heavy atom. The lowest BCUT2D eigenvalue weighted by Gasteiger charge is -2.26. The van der Waals surface area contributed by atoms with Crippen LogP contribution in [-0.2, 0) is 6.42 Å². The molecule has 4 heteroatoms. The zero-order chi connectivity index (χ0) is 12.0. The molecular weight excluding hydrogens is 218 g/mol. The summed E-state index contributed by atoms with van der Waals surface area (Å²) in [4.78, 5) is 3.73. The number of rotatable bonds is 7. The largest absolute Gasteiger partial charge is 0.388 e. The van der Waals surface area contributed by atoms with E-state index >= 15 is 0 Å². The number of thiophene rings is 1. The number of hydrogen-bond acceptors (Lipinski definition) is 3. The molecule has 3 nitrogen and oxygen atoms in total. The second-order valence-electron chi connectivity index (χ2n) is 4.10. The first-order valence-corrected chi connectivity index (χ1v) is 6.57. The van der Waals surface area contributed by atoms with Gasteiger partial charge in [-0.2, -0.15) is 0 Å². The Morgan fingerprint density at radius 1 is 1.62 bits per heavy atom. The Morgan fingerprint density at radius 3 is 2.88 bits per heavy atom. The summed E-state index contributed by atoms with van der Waals surface area (Å²) in [7, 11) is 2.12. The summed E-state index contributed by atoms with van der Waals surface area (Å²) in [5.41, 5.74) is 5.46. The summed E-state index contributed by atoms with van der Waals surface area (Å²) in [6.45, 7) is 3.18. The predicted molar refractivity (Wildman–Crippen MR) is 71.3 cm³/mol. The maximum absolute atomic E-state index is 7.35. The molecule has 1 rings (SSSR count). The minimum atomic E-state index is 0.287. The Hall–Kier alpha value is -0.870. The average Bonchev–Trinajstić information content (AvgIpc) is 2.75.